The van der Waals surface area contributed by atoms with Crippen LogP contribution in [-0.2, 0) is 0 Å². The van der Waals surface area contributed by atoms with Crippen molar-refractivity contribution in [2.45, 2.75) is 0 Å². The molecule has 0 saturated heterocycles. The van der Waals surface area contributed by atoms with E-state index in [1.165, 1.54) is 21.9 Å². The van der Waals surface area contributed by atoms with Crippen LogP contribution in [0.2, 0.25) is 0 Å². The van der Waals surface area contributed by atoms with Crippen molar-refractivity contribution >= 4 is 44.1 Å². The van der Waals surface area contributed by atoms with Gasteiger partial charge >= 0.3 is 0 Å². The van der Waals surface area contributed by atoms with E-state index >= 15 is 0 Å². The highest BCUT2D eigenvalue weighted by molar-refractivity contribution is 6.23. The minimum absolute atomic E-state index is 0.932. The van der Waals surface area contributed by atoms with E-state index in [4.69, 9.17) is 4.42 Å². The highest BCUT2D eigenvalue weighted by atomic mass is 16.3. The van der Waals surface area contributed by atoms with Crippen LogP contribution in [0.1, 0.15) is 0 Å². The van der Waals surface area contributed by atoms with Gasteiger partial charge in [-0.05, 0) is 29.1 Å². The molecule has 0 aliphatic carbocycles. The van der Waals surface area contributed by atoms with Gasteiger partial charge in [0.2, 0.25) is 0 Å². The normalized spacial score (nSPS) is 12.5. The minimum Gasteiger partial charge on any atom is -0.454 e. The number of nitrogens with one attached hydrogen (secondary N) is 1. The number of hydrogen-bond acceptors (Lipinski definition) is 2. The number of anilines is 2. The lowest BCUT2D eigenvalue weighted by Crippen LogP contribution is -2.01. The summed E-state index contributed by atoms with van der Waals surface area (Å²) in [5.41, 5.74) is 6.58. The molecule has 24 heavy (non-hydrogen) atoms. The molecule has 4 aromatic carbocycles. The monoisotopic (exact) mass is 307 g/mol. The molecule has 1 aliphatic heterocycles. The van der Waals surface area contributed by atoms with Crippen LogP contribution in [0.3, 0.4) is 0 Å². The van der Waals surface area contributed by atoms with E-state index in [0.717, 1.165) is 33.3 Å². The predicted octanol–water partition coefficient (Wildman–Crippen LogP) is 6.46. The molecule has 0 saturated carbocycles. The molecule has 2 heterocycles. The van der Waals surface area contributed by atoms with Gasteiger partial charge in [-0.25, -0.2) is 0 Å². The maximum absolute atomic E-state index is 6.22. The third kappa shape index (κ3) is 1.41. The third-order valence-corrected chi connectivity index (χ3v) is 4.98. The predicted molar refractivity (Wildman–Crippen MR) is 99.9 cm³/mol. The lowest BCUT2D eigenvalue weighted by Gasteiger charge is -2.22. The second kappa shape index (κ2) is 4.18. The van der Waals surface area contributed by atoms with Crippen molar-refractivity contribution < 1.29 is 4.42 Å². The number of rotatable bonds is 0. The quantitative estimate of drug-likeness (QED) is 0.348. The molecule has 6 rings (SSSR count). The molecule has 5 aromatic rings. The van der Waals surface area contributed by atoms with Gasteiger partial charge in [-0.3, -0.25) is 0 Å². The van der Waals surface area contributed by atoms with Crippen LogP contribution < -0.4 is 5.32 Å². The molecule has 0 unspecified atom stereocenters. The molecule has 1 aliphatic rings. The van der Waals surface area contributed by atoms with E-state index < -0.39 is 0 Å². The summed E-state index contributed by atoms with van der Waals surface area (Å²) in [6.45, 7) is 0. The van der Waals surface area contributed by atoms with Gasteiger partial charge in [0.05, 0.1) is 5.69 Å². The van der Waals surface area contributed by atoms with Crippen LogP contribution in [0.15, 0.2) is 77.2 Å². The minimum atomic E-state index is 0.932. The molecule has 2 heteroatoms. The van der Waals surface area contributed by atoms with Crippen molar-refractivity contribution in [1.82, 2.24) is 0 Å². The summed E-state index contributed by atoms with van der Waals surface area (Å²) >= 11 is 0. The fraction of sp³-hybridized carbons (Fsp3) is 0. The summed E-state index contributed by atoms with van der Waals surface area (Å²) in [5.74, 6) is 0. The van der Waals surface area contributed by atoms with Crippen LogP contribution in [0.5, 0.6) is 0 Å². The van der Waals surface area contributed by atoms with Gasteiger partial charge < -0.3 is 9.73 Å². The molecule has 0 spiro atoms. The fourth-order valence-corrected chi connectivity index (χ4v) is 3.94. The maximum atomic E-state index is 6.22. The van der Waals surface area contributed by atoms with Gasteiger partial charge in [-0.1, -0.05) is 54.6 Å². The highest BCUT2D eigenvalue weighted by Crippen LogP contribution is 2.48. The lowest BCUT2D eigenvalue weighted by atomic mass is 9.91. The van der Waals surface area contributed by atoms with Crippen LogP contribution >= 0.6 is 0 Å². The smallest absolute Gasteiger partial charge is 0.159 e. The first kappa shape index (κ1) is 12.2. The molecule has 0 bridgehead atoms. The molecule has 0 fully saturated rings. The SMILES string of the molecule is c1ccc2c(c1)Nc1c3oc4ccccc4c3cc3cccc-2c13. The number of para-hydroxylation sites is 2. The highest BCUT2D eigenvalue weighted by Gasteiger charge is 2.22. The molecule has 112 valence electrons. The first-order chi connectivity index (χ1) is 11.9. The van der Waals surface area contributed by atoms with E-state index in [-0.39, 0.29) is 0 Å². The zero-order valence-electron chi connectivity index (χ0n) is 12.8. The Bertz CT molecular complexity index is 1280. The molecule has 2 nitrogen and oxygen atoms in total. The Labute approximate surface area is 138 Å². The van der Waals surface area contributed by atoms with E-state index in [0.29, 0.717) is 0 Å². The van der Waals surface area contributed by atoms with Gasteiger partial charge in [-0.2, -0.15) is 0 Å². The zero-order valence-corrected chi connectivity index (χ0v) is 12.8. The van der Waals surface area contributed by atoms with Crippen molar-refractivity contribution in [2.75, 3.05) is 5.32 Å². The number of hydrogen-bond donors (Lipinski definition) is 1. The second-order valence-corrected chi connectivity index (χ2v) is 6.30. The molecule has 0 radical (unpaired) electrons. The molecular weight excluding hydrogens is 294 g/mol. The number of furan rings is 1. The van der Waals surface area contributed by atoms with Crippen molar-refractivity contribution in [1.29, 1.82) is 0 Å². The Hall–Kier alpha value is -3.26. The first-order valence-corrected chi connectivity index (χ1v) is 8.13. The Balaban J connectivity index is 1.88. The zero-order chi connectivity index (χ0) is 15.7. The van der Waals surface area contributed by atoms with Crippen molar-refractivity contribution in [3.05, 3.63) is 72.8 Å². The van der Waals surface area contributed by atoms with Crippen LogP contribution in [0.4, 0.5) is 11.4 Å². The third-order valence-electron chi connectivity index (χ3n) is 4.98. The van der Waals surface area contributed by atoms with Crippen molar-refractivity contribution in [2.24, 2.45) is 0 Å². The molecule has 1 aromatic heterocycles. The van der Waals surface area contributed by atoms with E-state index in [1.807, 2.05) is 12.1 Å². The second-order valence-electron chi connectivity index (χ2n) is 6.30. The first-order valence-electron chi connectivity index (χ1n) is 8.13. The molecule has 0 amide bonds. The Morgan fingerprint density at radius 3 is 2.54 bits per heavy atom. The van der Waals surface area contributed by atoms with Crippen LogP contribution in [-0.4, -0.2) is 0 Å². The summed E-state index contributed by atoms with van der Waals surface area (Å²) in [7, 11) is 0. The van der Waals surface area contributed by atoms with E-state index in [1.54, 1.807) is 0 Å². The summed E-state index contributed by atoms with van der Waals surface area (Å²) in [6, 6.07) is 25.4. The summed E-state index contributed by atoms with van der Waals surface area (Å²) in [6.07, 6.45) is 0. The summed E-state index contributed by atoms with van der Waals surface area (Å²) in [5, 5.41) is 8.42. The van der Waals surface area contributed by atoms with Crippen molar-refractivity contribution in [3.8, 4) is 11.1 Å². The Kier molecular flexibility index (Phi) is 2.12. The molecular formula is C22H13NO. The number of fused-ring (bicyclic) bond motifs is 6. The van der Waals surface area contributed by atoms with Gasteiger partial charge in [-0.15, -0.1) is 0 Å². The van der Waals surface area contributed by atoms with Crippen LogP contribution in [0.25, 0.3) is 43.8 Å². The fourth-order valence-electron chi connectivity index (χ4n) is 3.94. The Morgan fingerprint density at radius 1 is 0.708 bits per heavy atom. The maximum Gasteiger partial charge on any atom is 0.159 e. The number of benzene rings is 4. The largest absolute Gasteiger partial charge is 0.454 e. The van der Waals surface area contributed by atoms with Gasteiger partial charge in [0.15, 0.2) is 5.58 Å². The van der Waals surface area contributed by atoms with Gasteiger partial charge in [0.25, 0.3) is 0 Å². The Morgan fingerprint density at radius 2 is 1.54 bits per heavy atom. The topological polar surface area (TPSA) is 25.2 Å². The average Bonchev–Trinajstić information content (AvgIpc) is 3.01. The molecule has 1 N–H and O–H groups in total. The van der Waals surface area contributed by atoms with E-state index in [2.05, 4.69) is 66.0 Å². The molecule has 0 atom stereocenters. The van der Waals surface area contributed by atoms with Crippen LogP contribution in [0, 0.1) is 0 Å². The lowest BCUT2D eigenvalue weighted by molar-refractivity contribution is 0.670. The summed E-state index contributed by atoms with van der Waals surface area (Å²) in [4.78, 5) is 0. The van der Waals surface area contributed by atoms with Gasteiger partial charge in [0.1, 0.15) is 5.58 Å². The van der Waals surface area contributed by atoms with Crippen molar-refractivity contribution in [3.63, 3.8) is 0 Å². The standard InChI is InChI=1S/C22H13NO/c1-3-10-18-14(7-1)16-9-5-6-13-12-17-15-8-2-4-11-19(15)24-22(17)21(23-18)20(13)16/h1-12,23H. The average molecular weight is 307 g/mol. The van der Waals surface area contributed by atoms with Gasteiger partial charge in [0, 0.05) is 27.4 Å². The van der Waals surface area contributed by atoms with E-state index in [9.17, 15) is 0 Å². The summed E-state index contributed by atoms with van der Waals surface area (Å²) < 4.78 is 6.22.